The van der Waals surface area contributed by atoms with Crippen molar-refractivity contribution in [2.24, 2.45) is 16.7 Å². The van der Waals surface area contributed by atoms with Gasteiger partial charge in [0.2, 0.25) is 17.1 Å². The van der Waals surface area contributed by atoms with Gasteiger partial charge in [-0.2, -0.15) is 15.8 Å². The van der Waals surface area contributed by atoms with Gasteiger partial charge in [-0.25, -0.2) is 0 Å². The van der Waals surface area contributed by atoms with E-state index in [0.29, 0.717) is 12.0 Å². The lowest BCUT2D eigenvalue weighted by atomic mass is 9.53. The molecule has 0 radical (unpaired) electrons. The van der Waals surface area contributed by atoms with Crippen LogP contribution in [0, 0.1) is 56.2 Å². The van der Waals surface area contributed by atoms with Crippen molar-refractivity contribution in [2.45, 2.75) is 32.2 Å². The maximum Gasteiger partial charge on any atom is 0.214 e. The summed E-state index contributed by atoms with van der Waals surface area (Å²) < 4.78 is 11.8. The molecule has 4 unspecified atom stereocenters. The van der Waals surface area contributed by atoms with E-state index in [9.17, 15) is 15.8 Å². The van der Waals surface area contributed by atoms with Crippen LogP contribution in [0.25, 0.3) is 0 Å². The number of nitrogens with zero attached hydrogens (tertiary/aromatic N) is 4. The second-order valence-electron chi connectivity index (χ2n) is 7.34. The summed E-state index contributed by atoms with van der Waals surface area (Å²) in [5.74, 6) is -2.21. The largest absolute Gasteiger partial charge is 0.448 e. The van der Waals surface area contributed by atoms with E-state index in [1.165, 1.54) is 0 Å². The van der Waals surface area contributed by atoms with E-state index in [4.69, 9.17) is 14.9 Å². The predicted molar refractivity (Wildman–Crippen MR) is 97.3 cm³/mol. The molecule has 138 valence electrons. The highest BCUT2D eigenvalue weighted by molar-refractivity contribution is 5.89. The second-order valence-corrected chi connectivity index (χ2v) is 7.34. The van der Waals surface area contributed by atoms with Gasteiger partial charge in [0.15, 0.2) is 5.41 Å². The van der Waals surface area contributed by atoms with Crippen LogP contribution < -0.4 is 4.90 Å². The van der Waals surface area contributed by atoms with Crippen LogP contribution in [0.15, 0.2) is 24.3 Å². The van der Waals surface area contributed by atoms with E-state index in [-0.39, 0.29) is 5.90 Å². The predicted octanol–water partition coefficient (Wildman–Crippen LogP) is 3.12. The van der Waals surface area contributed by atoms with Crippen molar-refractivity contribution in [1.82, 2.24) is 0 Å². The van der Waals surface area contributed by atoms with Crippen molar-refractivity contribution in [2.75, 3.05) is 19.0 Å². The van der Waals surface area contributed by atoms with Gasteiger partial charge < -0.3 is 14.4 Å². The minimum atomic E-state index is -1.89. The van der Waals surface area contributed by atoms with E-state index in [0.717, 1.165) is 5.69 Å². The number of hydrogen-bond donors (Lipinski definition) is 1. The standard InChI is InChI=1S/C20H21N5O2/c1-5-15-18(2)26-16(13-6-8-14(9-7-13)25(3)4)19(10-21,11-22)20(15,12-23)17(24)27-18/h6-9,15-16,24H,5H2,1-4H3. The molecule has 7 nitrogen and oxygen atoms in total. The second kappa shape index (κ2) is 5.98. The first-order valence-corrected chi connectivity index (χ1v) is 8.73. The molecular formula is C20H21N5O2. The summed E-state index contributed by atoms with van der Waals surface area (Å²) >= 11 is 0. The Morgan fingerprint density at radius 2 is 1.70 bits per heavy atom. The molecule has 7 heteroatoms. The minimum Gasteiger partial charge on any atom is -0.448 e. The van der Waals surface area contributed by atoms with Gasteiger partial charge in [0.1, 0.15) is 6.10 Å². The Bertz CT molecular complexity index is 890. The Morgan fingerprint density at radius 1 is 1.11 bits per heavy atom. The van der Waals surface area contributed by atoms with E-state index < -0.39 is 28.6 Å². The van der Waals surface area contributed by atoms with Gasteiger partial charge in [0, 0.05) is 26.7 Å². The molecule has 2 fully saturated rings. The molecule has 0 aromatic heterocycles. The normalized spacial score (nSPS) is 33.3. The van der Waals surface area contributed by atoms with Gasteiger partial charge >= 0.3 is 0 Å². The lowest BCUT2D eigenvalue weighted by molar-refractivity contribution is -0.273. The molecule has 27 heavy (non-hydrogen) atoms. The average molecular weight is 363 g/mol. The van der Waals surface area contributed by atoms with Crippen LogP contribution in [0.5, 0.6) is 0 Å². The smallest absolute Gasteiger partial charge is 0.214 e. The van der Waals surface area contributed by atoms with Crippen molar-refractivity contribution >= 4 is 11.6 Å². The zero-order chi connectivity index (χ0) is 20.0. The number of hydrogen-bond acceptors (Lipinski definition) is 7. The van der Waals surface area contributed by atoms with Crippen molar-refractivity contribution in [3.63, 3.8) is 0 Å². The van der Waals surface area contributed by atoms with Gasteiger partial charge in [-0.05, 0) is 24.1 Å². The van der Waals surface area contributed by atoms with Gasteiger partial charge in [0.25, 0.3) is 0 Å². The minimum absolute atomic E-state index is 0.366. The third-order valence-corrected chi connectivity index (χ3v) is 5.84. The van der Waals surface area contributed by atoms with Crippen LogP contribution >= 0.6 is 0 Å². The summed E-state index contributed by atoms with van der Waals surface area (Å²) in [7, 11) is 3.82. The van der Waals surface area contributed by atoms with Gasteiger partial charge in [-0.1, -0.05) is 19.1 Å². The highest BCUT2D eigenvalue weighted by atomic mass is 16.7. The quantitative estimate of drug-likeness (QED) is 0.882. The number of nitrogens with one attached hydrogen (secondary N) is 1. The topological polar surface area (TPSA) is 117 Å². The van der Waals surface area contributed by atoms with E-state index in [1.54, 1.807) is 19.1 Å². The summed E-state index contributed by atoms with van der Waals surface area (Å²) in [6.45, 7) is 3.51. The van der Waals surface area contributed by atoms with E-state index in [2.05, 4.69) is 6.07 Å². The third kappa shape index (κ3) is 2.11. The molecule has 2 aliphatic rings. The fourth-order valence-corrected chi connectivity index (χ4v) is 4.47. The average Bonchev–Trinajstić information content (AvgIpc) is 2.84. The Balaban J connectivity index is 2.25. The summed E-state index contributed by atoms with van der Waals surface area (Å²) in [6.07, 6.45) is -0.580. The highest BCUT2D eigenvalue weighted by Gasteiger charge is 2.78. The first-order valence-electron chi connectivity index (χ1n) is 8.73. The SMILES string of the molecule is CCC1C2(C)OC(=N)C1(C#N)C(C#N)(C#N)C(c1ccc(N(C)C)cc1)O2. The van der Waals surface area contributed by atoms with Crippen molar-refractivity contribution in [1.29, 1.82) is 21.2 Å². The van der Waals surface area contributed by atoms with Crippen molar-refractivity contribution in [3.05, 3.63) is 29.8 Å². The first kappa shape index (κ1) is 18.7. The Morgan fingerprint density at radius 3 is 2.15 bits per heavy atom. The van der Waals surface area contributed by atoms with Gasteiger partial charge in [0.05, 0.1) is 24.1 Å². The molecule has 1 N–H and O–H groups in total. The van der Waals surface area contributed by atoms with Crippen LogP contribution in [-0.2, 0) is 9.47 Å². The van der Waals surface area contributed by atoms with E-state index >= 15 is 0 Å². The molecule has 0 saturated carbocycles. The lowest BCUT2D eigenvalue weighted by Gasteiger charge is -2.48. The molecule has 0 amide bonds. The summed E-state index contributed by atoms with van der Waals surface area (Å²) in [5, 5.41) is 38.6. The maximum atomic E-state index is 10.1. The number of rotatable bonds is 3. The zero-order valence-electron chi connectivity index (χ0n) is 15.8. The Labute approximate surface area is 158 Å². The van der Waals surface area contributed by atoms with Crippen LogP contribution in [0.3, 0.4) is 0 Å². The number of ether oxygens (including phenoxy) is 2. The monoisotopic (exact) mass is 363 g/mol. The molecule has 1 aromatic carbocycles. The maximum absolute atomic E-state index is 10.1. The number of fused-ring (bicyclic) bond motifs is 2. The van der Waals surface area contributed by atoms with Crippen molar-refractivity contribution in [3.8, 4) is 18.2 Å². The van der Waals surface area contributed by atoms with Gasteiger partial charge in [-0.15, -0.1) is 0 Å². The Hall–Kier alpha value is -3.08. The number of nitriles is 3. The molecule has 4 atom stereocenters. The van der Waals surface area contributed by atoms with Crippen LogP contribution in [0.1, 0.15) is 31.9 Å². The van der Waals surface area contributed by atoms with Crippen molar-refractivity contribution < 1.29 is 9.47 Å². The molecule has 1 aromatic rings. The number of anilines is 1. The molecule has 3 rings (SSSR count). The molecule has 2 heterocycles. The number of benzene rings is 1. The van der Waals surface area contributed by atoms with Crippen LogP contribution in [0.2, 0.25) is 0 Å². The Kier molecular flexibility index (Phi) is 4.14. The molecular weight excluding hydrogens is 342 g/mol. The zero-order valence-corrected chi connectivity index (χ0v) is 15.8. The summed E-state index contributed by atoms with van der Waals surface area (Å²) in [6, 6.07) is 13.5. The lowest BCUT2D eigenvalue weighted by Crippen LogP contribution is -2.58. The highest BCUT2D eigenvalue weighted by Crippen LogP contribution is 2.67. The van der Waals surface area contributed by atoms with Crippen LogP contribution in [0.4, 0.5) is 5.69 Å². The molecule has 2 aliphatic heterocycles. The summed E-state index contributed by atoms with van der Waals surface area (Å²) in [5.41, 5.74) is -2.03. The third-order valence-electron chi connectivity index (χ3n) is 5.84. The first-order chi connectivity index (χ1) is 12.8. The molecule has 2 saturated heterocycles. The summed E-state index contributed by atoms with van der Waals surface area (Å²) in [4.78, 5) is 1.93. The molecule has 0 spiro atoms. The van der Waals surface area contributed by atoms with Crippen LogP contribution in [-0.4, -0.2) is 25.8 Å². The molecule has 2 bridgehead atoms. The fraction of sp³-hybridized carbons (Fsp3) is 0.500. The fourth-order valence-electron chi connectivity index (χ4n) is 4.47. The molecule has 0 aliphatic carbocycles. The van der Waals surface area contributed by atoms with E-state index in [1.807, 2.05) is 50.2 Å². The van der Waals surface area contributed by atoms with Gasteiger partial charge in [-0.3, -0.25) is 5.41 Å².